The SMILES string of the molecule is Cc1ccc(-c2nonc2CC(=O)O)c(C)c1. The molecule has 0 aliphatic carbocycles. The molecule has 0 atom stereocenters. The predicted molar refractivity (Wildman–Crippen MR) is 60.5 cm³/mol. The van der Waals surface area contributed by atoms with Gasteiger partial charge in [0.1, 0.15) is 11.4 Å². The van der Waals surface area contributed by atoms with Crippen molar-refractivity contribution in [1.82, 2.24) is 10.3 Å². The molecule has 0 radical (unpaired) electrons. The molecular weight excluding hydrogens is 220 g/mol. The second kappa shape index (κ2) is 4.37. The van der Waals surface area contributed by atoms with Gasteiger partial charge in [0.25, 0.3) is 0 Å². The molecule has 0 unspecified atom stereocenters. The van der Waals surface area contributed by atoms with Gasteiger partial charge in [0, 0.05) is 5.56 Å². The molecule has 0 aliphatic rings. The number of rotatable bonds is 3. The van der Waals surface area contributed by atoms with Gasteiger partial charge in [-0.05, 0) is 24.6 Å². The summed E-state index contributed by atoms with van der Waals surface area (Å²) in [5.74, 6) is -0.952. The van der Waals surface area contributed by atoms with Gasteiger partial charge in [0.05, 0.1) is 6.42 Å². The van der Waals surface area contributed by atoms with E-state index in [0.29, 0.717) is 11.4 Å². The molecule has 0 amide bonds. The Labute approximate surface area is 98.0 Å². The normalized spacial score (nSPS) is 10.5. The first-order chi connectivity index (χ1) is 8.08. The Balaban J connectivity index is 2.46. The lowest BCUT2D eigenvalue weighted by molar-refractivity contribution is -0.136. The largest absolute Gasteiger partial charge is 0.481 e. The van der Waals surface area contributed by atoms with Gasteiger partial charge < -0.3 is 5.11 Å². The number of aromatic nitrogens is 2. The van der Waals surface area contributed by atoms with Crippen LogP contribution in [0.3, 0.4) is 0 Å². The third-order valence-corrected chi connectivity index (χ3v) is 2.51. The molecule has 17 heavy (non-hydrogen) atoms. The monoisotopic (exact) mass is 232 g/mol. The molecule has 1 aromatic heterocycles. The van der Waals surface area contributed by atoms with E-state index in [9.17, 15) is 4.79 Å². The molecule has 5 nitrogen and oxygen atoms in total. The Hall–Kier alpha value is -2.17. The van der Waals surface area contributed by atoms with Crippen LogP contribution in [0, 0.1) is 13.8 Å². The first kappa shape index (κ1) is 11.3. The van der Waals surface area contributed by atoms with Gasteiger partial charge in [-0.3, -0.25) is 4.79 Å². The zero-order valence-electron chi connectivity index (χ0n) is 9.60. The first-order valence-electron chi connectivity index (χ1n) is 5.19. The summed E-state index contributed by atoms with van der Waals surface area (Å²) < 4.78 is 4.62. The Morgan fingerprint density at radius 1 is 1.35 bits per heavy atom. The molecule has 5 heteroatoms. The van der Waals surface area contributed by atoms with Crippen molar-refractivity contribution < 1.29 is 14.5 Å². The second-order valence-electron chi connectivity index (χ2n) is 3.95. The van der Waals surface area contributed by atoms with Crippen LogP contribution in [0.2, 0.25) is 0 Å². The number of carbonyl (C=O) groups is 1. The minimum absolute atomic E-state index is 0.188. The summed E-state index contributed by atoms with van der Waals surface area (Å²) >= 11 is 0. The van der Waals surface area contributed by atoms with E-state index in [1.165, 1.54) is 0 Å². The fourth-order valence-electron chi connectivity index (χ4n) is 1.75. The lowest BCUT2D eigenvalue weighted by Gasteiger charge is -2.03. The van der Waals surface area contributed by atoms with Crippen molar-refractivity contribution >= 4 is 5.97 Å². The molecule has 0 fully saturated rings. The van der Waals surface area contributed by atoms with Gasteiger partial charge in [-0.2, -0.15) is 0 Å². The minimum Gasteiger partial charge on any atom is -0.481 e. The Morgan fingerprint density at radius 2 is 2.12 bits per heavy atom. The highest BCUT2D eigenvalue weighted by molar-refractivity contribution is 5.74. The highest BCUT2D eigenvalue weighted by atomic mass is 16.6. The van der Waals surface area contributed by atoms with Gasteiger partial charge in [-0.15, -0.1) is 0 Å². The number of aliphatic carboxylic acids is 1. The van der Waals surface area contributed by atoms with Crippen LogP contribution in [0.5, 0.6) is 0 Å². The molecule has 0 saturated heterocycles. The topological polar surface area (TPSA) is 76.2 Å². The Kier molecular flexibility index (Phi) is 2.91. The molecule has 0 bridgehead atoms. The quantitative estimate of drug-likeness (QED) is 0.875. The zero-order valence-corrected chi connectivity index (χ0v) is 9.60. The maximum Gasteiger partial charge on any atom is 0.309 e. The molecule has 1 heterocycles. The summed E-state index contributed by atoms with van der Waals surface area (Å²) in [5, 5.41) is 16.2. The third-order valence-electron chi connectivity index (χ3n) is 2.51. The van der Waals surface area contributed by atoms with E-state index in [-0.39, 0.29) is 6.42 Å². The molecule has 88 valence electrons. The van der Waals surface area contributed by atoms with Crippen LogP contribution in [0.15, 0.2) is 22.8 Å². The second-order valence-corrected chi connectivity index (χ2v) is 3.95. The van der Waals surface area contributed by atoms with Crippen molar-refractivity contribution in [3.63, 3.8) is 0 Å². The molecule has 0 aliphatic heterocycles. The Bertz CT molecular complexity index is 561. The van der Waals surface area contributed by atoms with Crippen LogP contribution in [0.4, 0.5) is 0 Å². The summed E-state index contributed by atoms with van der Waals surface area (Å²) in [6.45, 7) is 3.94. The highest BCUT2D eigenvalue weighted by Crippen LogP contribution is 2.25. The summed E-state index contributed by atoms with van der Waals surface area (Å²) in [4.78, 5) is 10.7. The summed E-state index contributed by atoms with van der Waals surface area (Å²) in [5.41, 5.74) is 3.87. The molecule has 2 aromatic rings. The van der Waals surface area contributed by atoms with Gasteiger partial charge in [0.2, 0.25) is 0 Å². The fourth-order valence-corrected chi connectivity index (χ4v) is 1.75. The van der Waals surface area contributed by atoms with E-state index in [1.807, 2.05) is 32.0 Å². The number of aryl methyl sites for hydroxylation is 2. The zero-order chi connectivity index (χ0) is 12.4. The van der Waals surface area contributed by atoms with Crippen LogP contribution in [0.1, 0.15) is 16.8 Å². The van der Waals surface area contributed by atoms with Crippen molar-refractivity contribution in [2.75, 3.05) is 0 Å². The van der Waals surface area contributed by atoms with E-state index in [0.717, 1.165) is 16.7 Å². The van der Waals surface area contributed by atoms with Crippen LogP contribution in [-0.2, 0) is 11.2 Å². The first-order valence-corrected chi connectivity index (χ1v) is 5.19. The van der Waals surface area contributed by atoms with E-state index < -0.39 is 5.97 Å². The number of hydrogen-bond acceptors (Lipinski definition) is 4. The van der Waals surface area contributed by atoms with Crippen molar-refractivity contribution in [3.8, 4) is 11.3 Å². The van der Waals surface area contributed by atoms with Gasteiger partial charge >= 0.3 is 5.97 Å². The lowest BCUT2D eigenvalue weighted by Crippen LogP contribution is -2.02. The summed E-state index contributed by atoms with van der Waals surface area (Å²) in [6, 6.07) is 5.85. The van der Waals surface area contributed by atoms with Crippen LogP contribution in [-0.4, -0.2) is 21.4 Å². The van der Waals surface area contributed by atoms with E-state index >= 15 is 0 Å². The standard InChI is InChI=1S/C12H12N2O3/c1-7-3-4-9(8(2)5-7)12-10(6-11(15)16)13-17-14-12/h3-5H,6H2,1-2H3,(H,15,16). The van der Waals surface area contributed by atoms with Crippen molar-refractivity contribution in [2.45, 2.75) is 20.3 Å². The highest BCUT2D eigenvalue weighted by Gasteiger charge is 2.16. The summed E-state index contributed by atoms with van der Waals surface area (Å²) in [7, 11) is 0. The number of carboxylic acid groups (broad SMARTS) is 1. The van der Waals surface area contributed by atoms with E-state index in [4.69, 9.17) is 5.11 Å². The molecule has 2 rings (SSSR count). The maximum absolute atomic E-state index is 10.7. The predicted octanol–water partition coefficient (Wildman–Crippen LogP) is 1.98. The van der Waals surface area contributed by atoms with Crippen molar-refractivity contribution in [2.24, 2.45) is 0 Å². The smallest absolute Gasteiger partial charge is 0.309 e. The van der Waals surface area contributed by atoms with Gasteiger partial charge in [-0.1, -0.05) is 28.9 Å². The number of carboxylic acids is 1. The maximum atomic E-state index is 10.7. The van der Waals surface area contributed by atoms with Crippen LogP contribution < -0.4 is 0 Å². The minimum atomic E-state index is -0.952. The van der Waals surface area contributed by atoms with E-state index in [2.05, 4.69) is 14.9 Å². The third kappa shape index (κ3) is 2.33. The van der Waals surface area contributed by atoms with Crippen molar-refractivity contribution in [1.29, 1.82) is 0 Å². The number of hydrogen-bond donors (Lipinski definition) is 1. The Morgan fingerprint density at radius 3 is 2.76 bits per heavy atom. The van der Waals surface area contributed by atoms with Gasteiger partial charge in [-0.25, -0.2) is 4.63 Å². The molecular formula is C12H12N2O3. The van der Waals surface area contributed by atoms with Gasteiger partial charge in [0.15, 0.2) is 0 Å². The average Bonchev–Trinajstić information content (AvgIpc) is 2.65. The van der Waals surface area contributed by atoms with Crippen LogP contribution >= 0.6 is 0 Å². The average molecular weight is 232 g/mol. The molecule has 1 aromatic carbocycles. The van der Waals surface area contributed by atoms with Crippen molar-refractivity contribution in [3.05, 3.63) is 35.0 Å². The molecule has 0 saturated carbocycles. The molecule has 0 spiro atoms. The number of nitrogens with zero attached hydrogens (tertiary/aromatic N) is 2. The lowest BCUT2D eigenvalue weighted by atomic mass is 10.0. The molecule has 1 N–H and O–H groups in total. The van der Waals surface area contributed by atoms with Crippen LogP contribution in [0.25, 0.3) is 11.3 Å². The summed E-state index contributed by atoms with van der Waals surface area (Å²) in [6.07, 6.45) is -0.188. The number of benzene rings is 1. The fraction of sp³-hybridized carbons (Fsp3) is 0.250. The van der Waals surface area contributed by atoms with E-state index in [1.54, 1.807) is 0 Å².